The smallest absolute Gasteiger partial charge is 0.340 e. The van der Waals surface area contributed by atoms with Gasteiger partial charge in [-0.2, -0.15) is 0 Å². The van der Waals surface area contributed by atoms with Crippen molar-refractivity contribution < 1.29 is 14.4 Å². The van der Waals surface area contributed by atoms with Crippen molar-refractivity contribution in [2.45, 2.75) is 26.3 Å². The first-order valence-electron chi connectivity index (χ1n) is 4.89. The maximum Gasteiger partial charge on any atom is 0.340 e. The Bertz CT molecular complexity index is 333. The van der Waals surface area contributed by atoms with E-state index in [1.165, 1.54) is 6.20 Å². The summed E-state index contributed by atoms with van der Waals surface area (Å²) in [7, 11) is 1.99. The SMILES string of the molecule is CC(C)N(C)CCc1oncc1C(=O)O. The van der Waals surface area contributed by atoms with E-state index < -0.39 is 5.97 Å². The number of rotatable bonds is 5. The summed E-state index contributed by atoms with van der Waals surface area (Å²) in [5, 5.41) is 12.3. The highest BCUT2D eigenvalue weighted by Gasteiger charge is 2.15. The molecule has 0 saturated heterocycles. The number of hydrogen-bond donors (Lipinski definition) is 1. The lowest BCUT2D eigenvalue weighted by Crippen LogP contribution is -2.28. The van der Waals surface area contributed by atoms with Crippen LogP contribution in [0.2, 0.25) is 0 Å². The standard InChI is InChI=1S/C10H16N2O3/c1-7(2)12(3)5-4-9-8(10(13)14)6-11-15-9/h6-7H,4-5H2,1-3H3,(H,13,14). The summed E-state index contributed by atoms with van der Waals surface area (Å²) in [5.74, 6) is -0.548. The molecule has 84 valence electrons. The van der Waals surface area contributed by atoms with E-state index >= 15 is 0 Å². The molecule has 0 aliphatic rings. The van der Waals surface area contributed by atoms with Crippen molar-refractivity contribution in [3.63, 3.8) is 0 Å². The Morgan fingerprint density at radius 1 is 1.67 bits per heavy atom. The molecule has 0 fully saturated rings. The Hall–Kier alpha value is -1.36. The molecule has 0 radical (unpaired) electrons. The van der Waals surface area contributed by atoms with Gasteiger partial charge in [0.25, 0.3) is 0 Å². The molecule has 0 saturated carbocycles. The molecule has 5 heteroatoms. The molecule has 0 aromatic carbocycles. The highest BCUT2D eigenvalue weighted by atomic mass is 16.5. The van der Waals surface area contributed by atoms with Gasteiger partial charge in [-0.15, -0.1) is 0 Å². The molecule has 0 amide bonds. The number of carboxylic acids is 1. The summed E-state index contributed by atoms with van der Waals surface area (Å²) in [6.07, 6.45) is 1.81. The fourth-order valence-electron chi connectivity index (χ4n) is 1.15. The predicted molar refractivity (Wildman–Crippen MR) is 54.9 cm³/mol. The second kappa shape index (κ2) is 4.93. The third-order valence-corrected chi connectivity index (χ3v) is 2.45. The van der Waals surface area contributed by atoms with Crippen molar-refractivity contribution >= 4 is 5.97 Å². The zero-order valence-corrected chi connectivity index (χ0v) is 9.23. The molecular weight excluding hydrogens is 196 g/mol. The van der Waals surface area contributed by atoms with Gasteiger partial charge in [-0.05, 0) is 20.9 Å². The Morgan fingerprint density at radius 3 is 2.87 bits per heavy atom. The lowest BCUT2D eigenvalue weighted by atomic mass is 10.2. The lowest BCUT2D eigenvalue weighted by Gasteiger charge is -2.19. The number of carbonyl (C=O) groups is 1. The normalized spacial score (nSPS) is 11.3. The summed E-state index contributed by atoms with van der Waals surface area (Å²) in [4.78, 5) is 12.9. The molecular formula is C10H16N2O3. The van der Waals surface area contributed by atoms with Crippen LogP contribution in [0.15, 0.2) is 10.7 Å². The minimum absolute atomic E-state index is 0.159. The summed E-state index contributed by atoms with van der Waals surface area (Å²) in [6, 6.07) is 0.432. The van der Waals surface area contributed by atoms with Gasteiger partial charge in [-0.1, -0.05) is 5.16 Å². The molecule has 0 unspecified atom stereocenters. The molecule has 1 aromatic heterocycles. The van der Waals surface area contributed by atoms with E-state index in [4.69, 9.17) is 9.63 Å². The van der Waals surface area contributed by atoms with Gasteiger partial charge in [0.2, 0.25) is 0 Å². The number of likely N-dealkylation sites (N-methyl/N-ethyl adjacent to an activating group) is 1. The van der Waals surface area contributed by atoms with Crippen LogP contribution in [0.1, 0.15) is 30.0 Å². The second-order valence-corrected chi connectivity index (χ2v) is 3.79. The molecule has 0 aliphatic carbocycles. The van der Waals surface area contributed by atoms with Gasteiger partial charge in [0.15, 0.2) is 5.76 Å². The summed E-state index contributed by atoms with van der Waals surface area (Å²) < 4.78 is 4.90. The highest BCUT2D eigenvalue weighted by Crippen LogP contribution is 2.09. The quantitative estimate of drug-likeness (QED) is 0.795. The predicted octanol–water partition coefficient (Wildman–Crippen LogP) is 1.26. The molecule has 0 aliphatic heterocycles. The maximum atomic E-state index is 10.7. The van der Waals surface area contributed by atoms with Gasteiger partial charge in [0, 0.05) is 19.0 Å². The van der Waals surface area contributed by atoms with Crippen LogP contribution < -0.4 is 0 Å². The van der Waals surface area contributed by atoms with Crippen molar-refractivity contribution in [2.24, 2.45) is 0 Å². The molecule has 1 N–H and O–H groups in total. The van der Waals surface area contributed by atoms with Crippen LogP contribution in [-0.4, -0.2) is 40.8 Å². The number of aromatic nitrogens is 1. The maximum absolute atomic E-state index is 10.7. The largest absolute Gasteiger partial charge is 0.478 e. The van der Waals surface area contributed by atoms with E-state index in [2.05, 4.69) is 23.9 Å². The van der Waals surface area contributed by atoms with E-state index in [1.54, 1.807) is 0 Å². The lowest BCUT2D eigenvalue weighted by molar-refractivity contribution is 0.0694. The summed E-state index contributed by atoms with van der Waals surface area (Å²) in [6.45, 7) is 4.92. The fraction of sp³-hybridized carbons (Fsp3) is 0.600. The van der Waals surface area contributed by atoms with Gasteiger partial charge in [0.1, 0.15) is 5.56 Å². The van der Waals surface area contributed by atoms with E-state index in [0.717, 1.165) is 6.54 Å². The Balaban J connectivity index is 2.58. The van der Waals surface area contributed by atoms with Crippen molar-refractivity contribution in [3.8, 4) is 0 Å². The Labute approximate surface area is 88.7 Å². The van der Waals surface area contributed by atoms with Crippen molar-refractivity contribution in [1.29, 1.82) is 0 Å². The highest BCUT2D eigenvalue weighted by molar-refractivity contribution is 5.88. The first-order valence-corrected chi connectivity index (χ1v) is 4.89. The molecule has 0 spiro atoms. The van der Waals surface area contributed by atoms with Crippen LogP contribution in [0.3, 0.4) is 0 Å². The van der Waals surface area contributed by atoms with Crippen molar-refractivity contribution in [2.75, 3.05) is 13.6 Å². The Morgan fingerprint density at radius 2 is 2.33 bits per heavy atom. The first-order chi connectivity index (χ1) is 7.02. The molecule has 1 rings (SSSR count). The van der Waals surface area contributed by atoms with Gasteiger partial charge < -0.3 is 14.5 Å². The third-order valence-electron chi connectivity index (χ3n) is 2.45. The first kappa shape index (κ1) is 11.7. The number of aromatic carboxylic acids is 1. The van der Waals surface area contributed by atoms with E-state index in [-0.39, 0.29) is 5.56 Å². The van der Waals surface area contributed by atoms with Crippen molar-refractivity contribution in [3.05, 3.63) is 17.5 Å². The van der Waals surface area contributed by atoms with Gasteiger partial charge >= 0.3 is 5.97 Å². The van der Waals surface area contributed by atoms with Crippen LogP contribution in [0.25, 0.3) is 0 Å². The summed E-state index contributed by atoms with van der Waals surface area (Å²) in [5.41, 5.74) is 0.159. The van der Waals surface area contributed by atoms with Crippen LogP contribution >= 0.6 is 0 Å². The minimum Gasteiger partial charge on any atom is -0.478 e. The van der Waals surface area contributed by atoms with Crippen LogP contribution in [0, 0.1) is 0 Å². The summed E-state index contributed by atoms with van der Waals surface area (Å²) >= 11 is 0. The van der Waals surface area contributed by atoms with Crippen LogP contribution in [-0.2, 0) is 6.42 Å². The average Bonchev–Trinajstić information content (AvgIpc) is 2.61. The molecule has 15 heavy (non-hydrogen) atoms. The van der Waals surface area contributed by atoms with Gasteiger partial charge in [0.05, 0.1) is 6.20 Å². The van der Waals surface area contributed by atoms with E-state index in [9.17, 15) is 4.79 Å². The minimum atomic E-state index is -0.988. The Kier molecular flexibility index (Phi) is 3.85. The molecule has 1 aromatic rings. The number of hydrogen-bond acceptors (Lipinski definition) is 4. The molecule has 0 atom stereocenters. The monoisotopic (exact) mass is 212 g/mol. The van der Waals surface area contributed by atoms with Gasteiger partial charge in [-0.3, -0.25) is 0 Å². The molecule has 0 bridgehead atoms. The van der Waals surface area contributed by atoms with Crippen molar-refractivity contribution in [1.82, 2.24) is 10.1 Å². The topological polar surface area (TPSA) is 66.6 Å². The van der Waals surface area contributed by atoms with E-state index in [0.29, 0.717) is 18.2 Å². The fourth-order valence-corrected chi connectivity index (χ4v) is 1.15. The second-order valence-electron chi connectivity index (χ2n) is 3.79. The number of nitrogens with zero attached hydrogens (tertiary/aromatic N) is 2. The zero-order valence-electron chi connectivity index (χ0n) is 9.23. The average molecular weight is 212 g/mol. The van der Waals surface area contributed by atoms with Crippen LogP contribution in [0.4, 0.5) is 0 Å². The molecule has 5 nitrogen and oxygen atoms in total. The zero-order chi connectivity index (χ0) is 11.4. The third kappa shape index (κ3) is 3.06. The van der Waals surface area contributed by atoms with Crippen LogP contribution in [0.5, 0.6) is 0 Å². The van der Waals surface area contributed by atoms with Gasteiger partial charge in [-0.25, -0.2) is 4.79 Å². The molecule has 1 heterocycles. The number of carboxylic acid groups (broad SMARTS) is 1. The van der Waals surface area contributed by atoms with E-state index in [1.807, 2.05) is 7.05 Å².